The Morgan fingerprint density at radius 1 is 1.21 bits per heavy atom. The Labute approximate surface area is 166 Å². The van der Waals surface area contributed by atoms with Gasteiger partial charge in [0.2, 0.25) is 0 Å². The monoisotopic (exact) mass is 397 g/mol. The summed E-state index contributed by atoms with van der Waals surface area (Å²) in [6.07, 6.45) is -0.915. The summed E-state index contributed by atoms with van der Waals surface area (Å²) in [6, 6.07) is 10.8. The number of nitrogens with one attached hydrogen (secondary N) is 2. The maximum atomic E-state index is 12.6. The zero-order valence-electron chi connectivity index (χ0n) is 16.4. The molecule has 2 aromatic carbocycles. The number of aliphatic hydroxyl groups is 1. The van der Waals surface area contributed by atoms with Crippen molar-refractivity contribution in [3.8, 4) is 5.75 Å². The normalized spacial score (nSPS) is 13.1. The zero-order chi connectivity index (χ0) is 21.1. The molecular weight excluding hydrogens is 374 g/mol. The standard InChI is InChI=1S/C21H23N3O5/c1-4-24-20(27)16-10-7-14(11-17(16)23-21(24)28)19(26)22-12(2)18(25)13-5-8-15(29-3)9-6-13/h5-12,18,25H,4H2,1-3H3,(H,22,26)(H,23,28)/t12-,18-/m0/s1. The van der Waals surface area contributed by atoms with Gasteiger partial charge in [0, 0.05) is 12.1 Å². The van der Waals surface area contributed by atoms with Gasteiger partial charge < -0.3 is 20.1 Å². The number of benzene rings is 2. The lowest BCUT2D eigenvalue weighted by atomic mass is 10.0. The number of rotatable bonds is 6. The fourth-order valence-electron chi connectivity index (χ4n) is 3.14. The smallest absolute Gasteiger partial charge is 0.328 e. The van der Waals surface area contributed by atoms with Crippen molar-refractivity contribution in [2.45, 2.75) is 32.5 Å². The number of H-pyrrole nitrogens is 1. The molecule has 3 N–H and O–H groups in total. The van der Waals surface area contributed by atoms with Crippen molar-refractivity contribution in [2.24, 2.45) is 0 Å². The Kier molecular flexibility index (Phi) is 5.84. The maximum Gasteiger partial charge on any atom is 0.328 e. The lowest BCUT2D eigenvalue weighted by Crippen LogP contribution is -2.37. The van der Waals surface area contributed by atoms with E-state index in [9.17, 15) is 19.5 Å². The van der Waals surface area contributed by atoms with Gasteiger partial charge in [-0.25, -0.2) is 4.79 Å². The van der Waals surface area contributed by atoms with Crippen LogP contribution in [0.15, 0.2) is 52.1 Å². The average Bonchev–Trinajstić information content (AvgIpc) is 2.73. The molecule has 0 aliphatic carbocycles. The molecule has 3 aromatic rings. The quantitative estimate of drug-likeness (QED) is 0.584. The van der Waals surface area contributed by atoms with E-state index in [4.69, 9.17) is 4.74 Å². The minimum absolute atomic E-state index is 0.257. The van der Waals surface area contributed by atoms with E-state index >= 15 is 0 Å². The molecule has 1 heterocycles. The third-order valence-corrected chi connectivity index (χ3v) is 4.85. The zero-order valence-corrected chi connectivity index (χ0v) is 16.4. The maximum absolute atomic E-state index is 12.6. The summed E-state index contributed by atoms with van der Waals surface area (Å²) in [7, 11) is 1.56. The van der Waals surface area contributed by atoms with Gasteiger partial charge in [0.25, 0.3) is 11.5 Å². The summed E-state index contributed by atoms with van der Waals surface area (Å²) >= 11 is 0. The van der Waals surface area contributed by atoms with Crippen molar-refractivity contribution in [1.82, 2.24) is 14.9 Å². The number of aliphatic hydroxyl groups excluding tert-OH is 1. The Hall–Kier alpha value is -3.39. The van der Waals surface area contributed by atoms with Crippen LogP contribution in [0.2, 0.25) is 0 Å². The fraction of sp³-hybridized carbons (Fsp3) is 0.286. The SMILES string of the molecule is CCn1c(=O)[nH]c2cc(C(=O)N[C@@H](C)[C@H](O)c3ccc(OC)cc3)ccc2c1=O. The summed E-state index contributed by atoms with van der Waals surface area (Å²) < 4.78 is 6.19. The van der Waals surface area contributed by atoms with Gasteiger partial charge in [-0.15, -0.1) is 0 Å². The third-order valence-electron chi connectivity index (χ3n) is 4.85. The van der Waals surface area contributed by atoms with Crippen LogP contribution in [0.25, 0.3) is 10.9 Å². The molecule has 0 spiro atoms. The molecule has 0 saturated carbocycles. The van der Waals surface area contributed by atoms with Gasteiger partial charge in [0.1, 0.15) is 5.75 Å². The predicted molar refractivity (Wildman–Crippen MR) is 109 cm³/mol. The van der Waals surface area contributed by atoms with Crippen LogP contribution in [0.1, 0.15) is 35.9 Å². The first-order valence-corrected chi connectivity index (χ1v) is 9.25. The van der Waals surface area contributed by atoms with Crippen LogP contribution >= 0.6 is 0 Å². The van der Waals surface area contributed by atoms with Crippen LogP contribution in [0.5, 0.6) is 5.75 Å². The van der Waals surface area contributed by atoms with E-state index in [2.05, 4.69) is 10.3 Å². The highest BCUT2D eigenvalue weighted by atomic mass is 16.5. The molecule has 8 nitrogen and oxygen atoms in total. The van der Waals surface area contributed by atoms with E-state index in [1.807, 2.05) is 0 Å². The van der Waals surface area contributed by atoms with Crippen LogP contribution in [0.4, 0.5) is 0 Å². The highest BCUT2D eigenvalue weighted by Gasteiger charge is 2.20. The van der Waals surface area contributed by atoms with Gasteiger partial charge in [-0.05, 0) is 49.7 Å². The van der Waals surface area contributed by atoms with Gasteiger partial charge in [0.15, 0.2) is 0 Å². The van der Waals surface area contributed by atoms with E-state index in [1.54, 1.807) is 45.2 Å². The van der Waals surface area contributed by atoms with E-state index < -0.39 is 29.3 Å². The van der Waals surface area contributed by atoms with Crippen LogP contribution in [0.3, 0.4) is 0 Å². The molecule has 1 aromatic heterocycles. The number of carbonyl (C=O) groups is 1. The van der Waals surface area contributed by atoms with Crippen LogP contribution in [-0.4, -0.2) is 33.7 Å². The third kappa shape index (κ3) is 4.07. The first-order chi connectivity index (χ1) is 13.8. The van der Waals surface area contributed by atoms with Gasteiger partial charge in [-0.2, -0.15) is 0 Å². The Morgan fingerprint density at radius 2 is 1.90 bits per heavy atom. The number of carbonyl (C=O) groups excluding carboxylic acids is 1. The minimum atomic E-state index is -0.915. The van der Waals surface area contributed by atoms with Gasteiger partial charge >= 0.3 is 5.69 Å². The summed E-state index contributed by atoms with van der Waals surface area (Å²) in [4.78, 5) is 39.6. The molecule has 8 heteroatoms. The predicted octanol–water partition coefficient (Wildman–Crippen LogP) is 1.57. The number of aromatic nitrogens is 2. The lowest BCUT2D eigenvalue weighted by molar-refractivity contribution is 0.0852. The van der Waals surface area contributed by atoms with E-state index in [0.717, 1.165) is 4.57 Å². The van der Waals surface area contributed by atoms with Crippen molar-refractivity contribution in [3.63, 3.8) is 0 Å². The summed E-state index contributed by atoms with van der Waals surface area (Å²) in [5, 5.41) is 13.6. The molecule has 3 rings (SSSR count). The molecule has 0 fully saturated rings. The molecule has 0 bridgehead atoms. The van der Waals surface area contributed by atoms with Crippen LogP contribution in [-0.2, 0) is 6.54 Å². The molecule has 0 saturated heterocycles. The summed E-state index contributed by atoms with van der Waals surface area (Å²) in [5.41, 5.74) is 0.283. The molecule has 0 radical (unpaired) electrons. The number of hydrogen-bond acceptors (Lipinski definition) is 5. The Balaban J connectivity index is 1.81. The molecule has 152 valence electrons. The molecule has 0 aliphatic heterocycles. The minimum Gasteiger partial charge on any atom is -0.497 e. The van der Waals surface area contributed by atoms with Gasteiger partial charge in [0.05, 0.1) is 30.2 Å². The number of aromatic amines is 1. The highest BCUT2D eigenvalue weighted by Crippen LogP contribution is 2.20. The highest BCUT2D eigenvalue weighted by molar-refractivity contribution is 5.97. The van der Waals surface area contributed by atoms with Crippen molar-refractivity contribution in [2.75, 3.05) is 7.11 Å². The van der Waals surface area contributed by atoms with Crippen molar-refractivity contribution >= 4 is 16.8 Å². The molecule has 1 amide bonds. The first kappa shape index (κ1) is 20.3. The second kappa shape index (κ2) is 8.32. The summed E-state index contributed by atoms with van der Waals surface area (Å²) in [6.45, 7) is 3.66. The topological polar surface area (TPSA) is 113 Å². The molecule has 2 atom stereocenters. The number of methoxy groups -OCH3 is 1. The number of nitrogens with zero attached hydrogens (tertiary/aromatic N) is 1. The van der Waals surface area contributed by atoms with E-state index in [-0.39, 0.29) is 12.1 Å². The molecule has 0 unspecified atom stereocenters. The number of fused-ring (bicyclic) bond motifs is 1. The molecule has 29 heavy (non-hydrogen) atoms. The fourth-order valence-corrected chi connectivity index (χ4v) is 3.14. The van der Waals surface area contributed by atoms with E-state index in [1.165, 1.54) is 18.2 Å². The average molecular weight is 397 g/mol. The van der Waals surface area contributed by atoms with E-state index in [0.29, 0.717) is 22.2 Å². The van der Waals surface area contributed by atoms with Crippen molar-refractivity contribution in [3.05, 3.63) is 74.4 Å². The number of amides is 1. The lowest BCUT2D eigenvalue weighted by Gasteiger charge is -2.21. The number of hydrogen-bond donors (Lipinski definition) is 3. The molecular formula is C21H23N3O5. The van der Waals surface area contributed by atoms with Crippen molar-refractivity contribution < 1.29 is 14.6 Å². The van der Waals surface area contributed by atoms with Gasteiger partial charge in [-0.1, -0.05) is 12.1 Å². The Morgan fingerprint density at radius 3 is 2.52 bits per heavy atom. The summed E-state index contributed by atoms with van der Waals surface area (Å²) in [5.74, 6) is 0.248. The number of ether oxygens (including phenoxy) is 1. The van der Waals surface area contributed by atoms with Crippen LogP contribution in [0, 0.1) is 0 Å². The first-order valence-electron chi connectivity index (χ1n) is 9.25. The Bertz CT molecular complexity index is 1150. The second-order valence-electron chi connectivity index (χ2n) is 6.72. The second-order valence-corrected chi connectivity index (χ2v) is 6.72. The largest absolute Gasteiger partial charge is 0.497 e. The van der Waals surface area contributed by atoms with Crippen LogP contribution < -0.4 is 21.3 Å². The van der Waals surface area contributed by atoms with Crippen molar-refractivity contribution in [1.29, 1.82) is 0 Å². The van der Waals surface area contributed by atoms with Gasteiger partial charge in [-0.3, -0.25) is 14.2 Å². The molecule has 0 aliphatic rings.